The SMILES string of the molecule is CN1CCN(c2nc(N[C@@H](CO)c3ccc(F)cc3)nc(Nc3cc(C4CC4)[nH]n3)c2Cl)CC1. The quantitative estimate of drug-likeness (QED) is 0.383. The Balaban J connectivity index is 1.45. The number of aromatic nitrogens is 4. The molecule has 3 heterocycles. The number of H-pyrrole nitrogens is 1. The molecule has 1 aliphatic carbocycles. The number of hydrogen-bond donors (Lipinski definition) is 4. The second-order valence-electron chi connectivity index (χ2n) is 8.86. The molecule has 0 radical (unpaired) electrons. The maximum absolute atomic E-state index is 13.4. The van der Waals surface area contributed by atoms with E-state index in [1.165, 1.54) is 25.0 Å². The van der Waals surface area contributed by atoms with E-state index in [1.54, 1.807) is 12.1 Å². The lowest BCUT2D eigenvalue weighted by Gasteiger charge is -2.34. The fourth-order valence-electron chi connectivity index (χ4n) is 4.02. The Morgan fingerprint density at radius 3 is 2.59 bits per heavy atom. The van der Waals surface area contributed by atoms with Crippen molar-refractivity contribution in [1.82, 2.24) is 25.1 Å². The molecular formula is C23H28ClFN8O. The summed E-state index contributed by atoms with van der Waals surface area (Å²) in [4.78, 5) is 13.7. The molecule has 11 heteroatoms. The van der Waals surface area contributed by atoms with Crippen LogP contribution < -0.4 is 15.5 Å². The Hall–Kier alpha value is -2.95. The van der Waals surface area contributed by atoms with Gasteiger partial charge in [-0.15, -0.1) is 0 Å². The summed E-state index contributed by atoms with van der Waals surface area (Å²) in [5, 5.41) is 24.2. The zero-order valence-electron chi connectivity index (χ0n) is 18.9. The first-order valence-electron chi connectivity index (χ1n) is 11.5. The Labute approximate surface area is 202 Å². The van der Waals surface area contributed by atoms with Crippen molar-refractivity contribution in [2.75, 3.05) is 55.4 Å². The minimum absolute atomic E-state index is 0.214. The van der Waals surface area contributed by atoms with E-state index in [1.807, 2.05) is 6.07 Å². The van der Waals surface area contributed by atoms with Crippen LogP contribution in [0.4, 0.5) is 27.8 Å². The van der Waals surface area contributed by atoms with Crippen LogP contribution >= 0.6 is 11.6 Å². The lowest BCUT2D eigenvalue weighted by molar-refractivity contribution is 0.275. The molecule has 0 unspecified atom stereocenters. The maximum Gasteiger partial charge on any atom is 0.227 e. The van der Waals surface area contributed by atoms with Crippen LogP contribution in [-0.4, -0.2) is 70.0 Å². The molecule has 5 rings (SSSR count). The highest BCUT2D eigenvalue weighted by molar-refractivity contribution is 6.35. The molecule has 9 nitrogen and oxygen atoms in total. The molecule has 0 amide bonds. The number of halogens is 2. The van der Waals surface area contributed by atoms with E-state index in [2.05, 4.69) is 42.7 Å². The van der Waals surface area contributed by atoms with Crippen LogP contribution in [0.5, 0.6) is 0 Å². The molecular weight excluding hydrogens is 459 g/mol. The molecule has 1 aromatic carbocycles. The van der Waals surface area contributed by atoms with Gasteiger partial charge in [-0.25, -0.2) is 4.39 Å². The summed E-state index contributed by atoms with van der Waals surface area (Å²) in [6.07, 6.45) is 2.34. The van der Waals surface area contributed by atoms with Gasteiger partial charge in [0.05, 0.1) is 12.6 Å². The Morgan fingerprint density at radius 1 is 1.18 bits per heavy atom. The van der Waals surface area contributed by atoms with Crippen LogP contribution in [0.25, 0.3) is 0 Å². The summed E-state index contributed by atoms with van der Waals surface area (Å²) in [7, 11) is 2.09. The number of anilines is 4. The third-order valence-corrected chi connectivity index (χ3v) is 6.60. The van der Waals surface area contributed by atoms with Crippen molar-refractivity contribution in [2.45, 2.75) is 24.8 Å². The highest BCUT2D eigenvalue weighted by atomic mass is 35.5. The van der Waals surface area contributed by atoms with Gasteiger partial charge in [0.1, 0.15) is 10.8 Å². The van der Waals surface area contributed by atoms with Crippen molar-refractivity contribution in [3.8, 4) is 0 Å². The Bertz CT molecular complexity index is 1130. The van der Waals surface area contributed by atoms with Crippen LogP contribution in [0, 0.1) is 5.82 Å². The number of aliphatic hydroxyl groups excluding tert-OH is 1. The van der Waals surface area contributed by atoms with E-state index in [-0.39, 0.29) is 12.4 Å². The van der Waals surface area contributed by atoms with Gasteiger partial charge < -0.3 is 25.5 Å². The predicted molar refractivity (Wildman–Crippen MR) is 130 cm³/mol. The van der Waals surface area contributed by atoms with Gasteiger partial charge >= 0.3 is 0 Å². The van der Waals surface area contributed by atoms with Crippen LogP contribution in [0.2, 0.25) is 5.02 Å². The molecule has 1 atom stereocenters. The van der Waals surface area contributed by atoms with Crippen molar-refractivity contribution in [3.63, 3.8) is 0 Å². The summed E-state index contributed by atoms with van der Waals surface area (Å²) in [5.41, 5.74) is 1.82. The number of aromatic amines is 1. The number of piperazine rings is 1. The summed E-state index contributed by atoms with van der Waals surface area (Å²) in [6, 6.07) is 7.45. The normalized spacial score (nSPS) is 17.6. The van der Waals surface area contributed by atoms with Crippen LogP contribution in [0.1, 0.15) is 36.1 Å². The summed E-state index contributed by atoms with van der Waals surface area (Å²) in [5.74, 6) is 2.19. The first-order chi connectivity index (χ1) is 16.5. The first-order valence-corrected chi connectivity index (χ1v) is 11.8. The van der Waals surface area contributed by atoms with Gasteiger partial charge in [-0.3, -0.25) is 5.10 Å². The summed E-state index contributed by atoms with van der Waals surface area (Å²) >= 11 is 6.79. The monoisotopic (exact) mass is 486 g/mol. The molecule has 180 valence electrons. The fraction of sp³-hybridized carbons (Fsp3) is 0.435. The smallest absolute Gasteiger partial charge is 0.227 e. The second-order valence-corrected chi connectivity index (χ2v) is 9.24. The zero-order chi connectivity index (χ0) is 23.7. The van der Waals surface area contributed by atoms with E-state index < -0.39 is 6.04 Å². The lowest BCUT2D eigenvalue weighted by Crippen LogP contribution is -2.45. The summed E-state index contributed by atoms with van der Waals surface area (Å²) < 4.78 is 13.4. The van der Waals surface area contributed by atoms with Crippen molar-refractivity contribution >= 4 is 35.0 Å². The lowest BCUT2D eigenvalue weighted by atomic mass is 10.1. The average Bonchev–Trinajstić information content (AvgIpc) is 3.59. The molecule has 1 saturated carbocycles. The third kappa shape index (κ3) is 5.08. The van der Waals surface area contributed by atoms with Gasteiger partial charge in [0, 0.05) is 43.9 Å². The topological polar surface area (TPSA) is 105 Å². The molecule has 4 N–H and O–H groups in total. The molecule has 0 bridgehead atoms. The first kappa shape index (κ1) is 22.8. The number of nitrogens with one attached hydrogen (secondary N) is 3. The molecule has 2 aromatic heterocycles. The second kappa shape index (κ2) is 9.73. The molecule has 34 heavy (non-hydrogen) atoms. The van der Waals surface area contributed by atoms with Crippen LogP contribution in [-0.2, 0) is 0 Å². The van der Waals surface area contributed by atoms with Crippen LogP contribution in [0.3, 0.4) is 0 Å². The molecule has 2 fully saturated rings. The number of rotatable bonds is 8. The fourth-order valence-corrected chi connectivity index (χ4v) is 4.27. The predicted octanol–water partition coefficient (Wildman–Crippen LogP) is 3.51. The maximum atomic E-state index is 13.4. The highest BCUT2D eigenvalue weighted by Crippen LogP contribution is 2.40. The van der Waals surface area contributed by atoms with E-state index in [0.717, 1.165) is 37.4 Å². The van der Waals surface area contributed by atoms with Gasteiger partial charge in [-0.2, -0.15) is 15.1 Å². The van der Waals surface area contributed by atoms with E-state index >= 15 is 0 Å². The average molecular weight is 487 g/mol. The number of hydrogen-bond acceptors (Lipinski definition) is 8. The highest BCUT2D eigenvalue weighted by Gasteiger charge is 2.27. The minimum Gasteiger partial charge on any atom is -0.394 e. The van der Waals surface area contributed by atoms with Gasteiger partial charge in [0.2, 0.25) is 5.95 Å². The zero-order valence-corrected chi connectivity index (χ0v) is 19.7. The molecule has 0 spiro atoms. The van der Waals surface area contributed by atoms with Gasteiger partial charge in [-0.1, -0.05) is 23.7 Å². The summed E-state index contributed by atoms with van der Waals surface area (Å²) in [6.45, 7) is 3.13. The molecule has 1 aliphatic heterocycles. The van der Waals surface area contributed by atoms with E-state index in [9.17, 15) is 9.50 Å². The largest absolute Gasteiger partial charge is 0.394 e. The number of nitrogens with zero attached hydrogens (tertiary/aromatic N) is 5. The van der Waals surface area contributed by atoms with Gasteiger partial charge in [0.15, 0.2) is 17.5 Å². The van der Waals surface area contributed by atoms with E-state index in [4.69, 9.17) is 16.6 Å². The van der Waals surface area contributed by atoms with Crippen molar-refractivity contribution in [1.29, 1.82) is 0 Å². The Kier molecular flexibility index (Phi) is 6.53. The molecule has 1 saturated heterocycles. The number of aliphatic hydroxyl groups is 1. The van der Waals surface area contributed by atoms with Crippen LogP contribution in [0.15, 0.2) is 30.3 Å². The van der Waals surface area contributed by atoms with Crippen molar-refractivity contribution < 1.29 is 9.50 Å². The Morgan fingerprint density at radius 2 is 1.91 bits per heavy atom. The van der Waals surface area contributed by atoms with Crippen molar-refractivity contribution in [2.24, 2.45) is 0 Å². The number of benzene rings is 1. The molecule has 2 aliphatic rings. The van der Waals surface area contributed by atoms with Gasteiger partial charge in [-0.05, 0) is 37.6 Å². The molecule has 3 aromatic rings. The van der Waals surface area contributed by atoms with Crippen molar-refractivity contribution in [3.05, 3.63) is 52.4 Å². The van der Waals surface area contributed by atoms with Gasteiger partial charge in [0.25, 0.3) is 0 Å². The van der Waals surface area contributed by atoms with E-state index in [0.29, 0.717) is 34.3 Å². The standard InChI is InChI=1S/C23H28ClFN8O/c1-32-8-10-33(11-9-32)22-20(24)21(27-19-12-17(30-31-19)14-2-3-14)28-23(29-22)26-18(13-34)15-4-6-16(25)7-5-15/h4-7,12,14,18,34H,2-3,8-11,13H2,1H3,(H3,26,27,28,29,30,31)/t18-/m0/s1. The third-order valence-electron chi connectivity index (χ3n) is 6.26. The number of likely N-dealkylation sites (N-methyl/N-ethyl adjacent to an activating group) is 1. The minimum atomic E-state index is -0.512.